The number of pyridine rings is 1. The molecule has 0 bridgehead atoms. The summed E-state index contributed by atoms with van der Waals surface area (Å²) in [4.78, 5) is 27.0. The van der Waals surface area contributed by atoms with Crippen LogP contribution in [0.4, 0.5) is 23.8 Å². The minimum atomic E-state index is -4.41. The van der Waals surface area contributed by atoms with E-state index in [4.69, 9.17) is 4.74 Å². The maximum atomic E-state index is 12.7. The first-order chi connectivity index (χ1) is 15.4. The van der Waals surface area contributed by atoms with Crippen molar-refractivity contribution in [1.82, 2.24) is 19.9 Å². The van der Waals surface area contributed by atoms with Crippen molar-refractivity contribution in [3.8, 4) is 5.75 Å². The molecular formula is C21H20F3N5O2S. The van der Waals surface area contributed by atoms with E-state index in [0.29, 0.717) is 37.7 Å². The SMILES string of the molecule is O=C(Oc1ccc(CSc2ncc[nH]2)cc1)N1CCN(c2ccc(C(F)(F)F)cn2)CC1. The van der Waals surface area contributed by atoms with E-state index < -0.39 is 17.8 Å². The van der Waals surface area contributed by atoms with Gasteiger partial charge in [-0.15, -0.1) is 0 Å². The van der Waals surface area contributed by atoms with Crippen LogP contribution in [-0.2, 0) is 11.9 Å². The van der Waals surface area contributed by atoms with E-state index in [0.717, 1.165) is 28.7 Å². The second kappa shape index (κ2) is 9.51. The molecule has 0 atom stereocenters. The largest absolute Gasteiger partial charge is 0.417 e. The standard InChI is InChI=1S/C21H20F3N5O2S/c22-21(23,24)16-3-6-18(27-13-16)28-9-11-29(12-10-28)20(30)31-17-4-1-15(2-5-17)14-32-19-25-7-8-26-19/h1-8,13H,9-12,14H2,(H,25,26). The van der Waals surface area contributed by atoms with Crippen LogP contribution in [0.15, 0.2) is 60.1 Å². The molecule has 1 aliphatic rings. The number of anilines is 1. The van der Waals surface area contributed by atoms with Gasteiger partial charge in [-0.25, -0.2) is 14.8 Å². The average Bonchev–Trinajstić information content (AvgIpc) is 3.32. The number of hydrogen-bond acceptors (Lipinski definition) is 6. The molecule has 0 saturated carbocycles. The molecule has 0 aliphatic carbocycles. The number of carbonyl (C=O) groups excluding carboxylic acids is 1. The minimum absolute atomic E-state index is 0.388. The van der Waals surface area contributed by atoms with Crippen LogP contribution in [0, 0.1) is 0 Å². The summed E-state index contributed by atoms with van der Waals surface area (Å²) in [6.45, 7) is 1.69. The number of aromatic amines is 1. The van der Waals surface area contributed by atoms with Crippen LogP contribution in [0.5, 0.6) is 5.75 Å². The quantitative estimate of drug-likeness (QED) is 0.564. The number of ether oxygens (including phenoxy) is 1. The monoisotopic (exact) mass is 463 g/mol. The van der Waals surface area contributed by atoms with Crippen LogP contribution in [0.1, 0.15) is 11.1 Å². The lowest BCUT2D eigenvalue weighted by molar-refractivity contribution is -0.137. The molecule has 0 unspecified atom stereocenters. The van der Waals surface area contributed by atoms with Gasteiger partial charge >= 0.3 is 12.3 Å². The van der Waals surface area contributed by atoms with Crippen LogP contribution >= 0.6 is 11.8 Å². The Morgan fingerprint density at radius 1 is 1.06 bits per heavy atom. The molecule has 3 aromatic rings. The van der Waals surface area contributed by atoms with Gasteiger partial charge in [-0.1, -0.05) is 23.9 Å². The van der Waals surface area contributed by atoms with Crippen molar-refractivity contribution >= 4 is 23.7 Å². The van der Waals surface area contributed by atoms with Gasteiger partial charge in [0.05, 0.1) is 5.56 Å². The van der Waals surface area contributed by atoms with E-state index >= 15 is 0 Å². The van der Waals surface area contributed by atoms with E-state index in [1.54, 1.807) is 41.2 Å². The third kappa shape index (κ3) is 5.52. The normalized spacial score (nSPS) is 14.5. The van der Waals surface area contributed by atoms with Gasteiger partial charge in [-0.05, 0) is 29.8 Å². The summed E-state index contributed by atoms with van der Waals surface area (Å²) in [5, 5.41) is 0.839. The van der Waals surface area contributed by atoms with E-state index in [1.165, 1.54) is 6.07 Å². The molecule has 1 aromatic carbocycles. The smallest absolute Gasteiger partial charge is 0.410 e. The number of rotatable bonds is 5. The third-order valence-electron chi connectivity index (χ3n) is 4.91. The number of carbonyl (C=O) groups is 1. The fourth-order valence-corrected chi connectivity index (χ4v) is 3.94. The summed E-state index contributed by atoms with van der Waals surface area (Å²) in [6.07, 6.45) is -0.574. The Bertz CT molecular complexity index is 1020. The highest BCUT2D eigenvalue weighted by atomic mass is 32.2. The van der Waals surface area contributed by atoms with Gasteiger partial charge in [0.25, 0.3) is 0 Å². The predicted molar refractivity (Wildman–Crippen MR) is 114 cm³/mol. The Balaban J connectivity index is 1.25. The number of amides is 1. The third-order valence-corrected chi connectivity index (χ3v) is 5.89. The summed E-state index contributed by atoms with van der Waals surface area (Å²) in [6, 6.07) is 9.65. The van der Waals surface area contributed by atoms with E-state index in [9.17, 15) is 18.0 Å². The number of imidazole rings is 1. The van der Waals surface area contributed by atoms with Gasteiger partial charge in [0.2, 0.25) is 0 Å². The van der Waals surface area contributed by atoms with E-state index in [1.807, 2.05) is 17.0 Å². The molecule has 3 heterocycles. The highest BCUT2D eigenvalue weighted by Gasteiger charge is 2.31. The number of halogens is 3. The zero-order valence-corrected chi connectivity index (χ0v) is 17.7. The Labute approximate surface area is 186 Å². The summed E-state index contributed by atoms with van der Waals surface area (Å²) in [5.41, 5.74) is 0.290. The molecule has 1 aliphatic heterocycles. The summed E-state index contributed by atoms with van der Waals surface area (Å²) in [7, 11) is 0. The molecule has 32 heavy (non-hydrogen) atoms. The van der Waals surface area contributed by atoms with Gasteiger partial charge in [0.1, 0.15) is 11.6 Å². The molecule has 7 nitrogen and oxygen atoms in total. The number of aromatic nitrogens is 3. The molecule has 4 rings (SSSR count). The molecule has 0 radical (unpaired) electrons. The fourth-order valence-electron chi connectivity index (χ4n) is 3.16. The van der Waals surface area contributed by atoms with Gasteiger partial charge in [-0.3, -0.25) is 0 Å². The number of benzene rings is 1. The van der Waals surface area contributed by atoms with Crippen LogP contribution < -0.4 is 9.64 Å². The topological polar surface area (TPSA) is 74.3 Å². The first-order valence-electron chi connectivity index (χ1n) is 9.84. The summed E-state index contributed by atoms with van der Waals surface area (Å²) >= 11 is 1.57. The van der Waals surface area contributed by atoms with Gasteiger partial charge in [-0.2, -0.15) is 13.2 Å². The zero-order chi connectivity index (χ0) is 22.6. The molecule has 11 heteroatoms. The van der Waals surface area contributed by atoms with Crippen molar-refractivity contribution in [3.63, 3.8) is 0 Å². The highest BCUT2D eigenvalue weighted by molar-refractivity contribution is 7.98. The van der Waals surface area contributed by atoms with Crippen LogP contribution in [0.25, 0.3) is 0 Å². The van der Waals surface area contributed by atoms with Gasteiger partial charge in [0.15, 0.2) is 5.16 Å². The number of H-pyrrole nitrogens is 1. The summed E-state index contributed by atoms with van der Waals surface area (Å²) in [5.74, 6) is 1.64. The van der Waals surface area contributed by atoms with Crippen molar-refractivity contribution in [2.24, 2.45) is 0 Å². The van der Waals surface area contributed by atoms with Gasteiger partial charge in [0, 0.05) is 50.5 Å². The maximum Gasteiger partial charge on any atom is 0.417 e. The van der Waals surface area contributed by atoms with Crippen LogP contribution in [0.3, 0.4) is 0 Å². The van der Waals surface area contributed by atoms with Crippen molar-refractivity contribution in [2.75, 3.05) is 31.1 Å². The van der Waals surface area contributed by atoms with Crippen molar-refractivity contribution < 1.29 is 22.7 Å². The zero-order valence-electron chi connectivity index (χ0n) is 16.9. The highest BCUT2D eigenvalue weighted by Crippen LogP contribution is 2.29. The lowest BCUT2D eigenvalue weighted by Gasteiger charge is -2.34. The molecule has 1 saturated heterocycles. The van der Waals surface area contributed by atoms with Crippen molar-refractivity contribution in [2.45, 2.75) is 17.1 Å². The Morgan fingerprint density at radius 3 is 2.41 bits per heavy atom. The molecule has 2 aromatic heterocycles. The van der Waals surface area contributed by atoms with Crippen molar-refractivity contribution in [1.29, 1.82) is 0 Å². The Morgan fingerprint density at radius 2 is 1.81 bits per heavy atom. The molecular weight excluding hydrogens is 443 g/mol. The summed E-state index contributed by atoms with van der Waals surface area (Å²) < 4.78 is 43.5. The molecule has 0 spiro atoms. The number of alkyl halides is 3. The Hall–Kier alpha value is -3.21. The number of thioether (sulfide) groups is 1. The van der Waals surface area contributed by atoms with Crippen LogP contribution in [-0.4, -0.2) is 52.1 Å². The molecule has 168 valence electrons. The first-order valence-corrected chi connectivity index (χ1v) is 10.8. The van der Waals surface area contributed by atoms with Gasteiger partial charge < -0.3 is 19.5 Å². The first kappa shape index (κ1) is 22.0. The second-order valence-corrected chi connectivity index (χ2v) is 8.04. The van der Waals surface area contributed by atoms with Crippen molar-refractivity contribution in [3.05, 3.63) is 66.1 Å². The average molecular weight is 463 g/mol. The number of nitrogens with zero attached hydrogens (tertiary/aromatic N) is 4. The van der Waals surface area contributed by atoms with E-state index in [-0.39, 0.29) is 0 Å². The molecule has 1 N–H and O–H groups in total. The number of hydrogen-bond donors (Lipinski definition) is 1. The predicted octanol–water partition coefficient (Wildman–Crippen LogP) is 4.44. The van der Waals surface area contributed by atoms with Crippen LogP contribution in [0.2, 0.25) is 0 Å². The number of piperazine rings is 1. The number of nitrogens with one attached hydrogen (secondary N) is 1. The molecule has 1 fully saturated rings. The fraction of sp³-hybridized carbons (Fsp3) is 0.286. The lowest BCUT2D eigenvalue weighted by Crippen LogP contribution is -2.49. The lowest BCUT2D eigenvalue weighted by atomic mass is 10.2. The maximum absolute atomic E-state index is 12.7. The Kier molecular flexibility index (Phi) is 6.54. The second-order valence-electron chi connectivity index (χ2n) is 7.07. The molecule has 1 amide bonds. The minimum Gasteiger partial charge on any atom is -0.410 e. The van der Waals surface area contributed by atoms with E-state index in [2.05, 4.69) is 15.0 Å².